The highest BCUT2D eigenvalue weighted by Crippen LogP contribution is 2.42. The van der Waals surface area contributed by atoms with Gasteiger partial charge >= 0.3 is 6.09 Å². The number of rotatable bonds is 1. The molecule has 3 nitrogen and oxygen atoms in total. The van der Waals surface area contributed by atoms with Crippen LogP contribution in [0.4, 0.5) is 4.79 Å². The highest BCUT2D eigenvalue weighted by atomic mass is 16.6. The molecule has 0 bridgehead atoms. The summed E-state index contributed by atoms with van der Waals surface area (Å²) < 4.78 is 5.53. The second kappa shape index (κ2) is 5.95. The predicted octanol–water partition coefficient (Wildman–Crippen LogP) is 4.32. The SMILES string of the molecule is CC[C@@H]1CCCC2CN(C(=O)OC(C)(C)C)CC2C1C. The molecule has 2 aliphatic rings. The van der Waals surface area contributed by atoms with Crippen LogP contribution in [0.1, 0.15) is 60.3 Å². The molecular weight excluding hydrogens is 250 g/mol. The maximum Gasteiger partial charge on any atom is 0.410 e. The molecule has 1 heterocycles. The fourth-order valence-corrected chi connectivity index (χ4v) is 4.10. The minimum Gasteiger partial charge on any atom is -0.444 e. The van der Waals surface area contributed by atoms with E-state index in [1.165, 1.54) is 25.7 Å². The Morgan fingerprint density at radius 3 is 2.55 bits per heavy atom. The fourth-order valence-electron chi connectivity index (χ4n) is 4.10. The molecule has 1 amide bonds. The first-order valence-corrected chi connectivity index (χ1v) is 8.29. The monoisotopic (exact) mass is 281 g/mol. The largest absolute Gasteiger partial charge is 0.444 e. The Balaban J connectivity index is 2.01. The quantitative estimate of drug-likeness (QED) is 0.716. The highest BCUT2D eigenvalue weighted by Gasteiger charge is 2.42. The molecule has 3 unspecified atom stereocenters. The van der Waals surface area contributed by atoms with Gasteiger partial charge in [-0.05, 0) is 50.9 Å². The third-order valence-electron chi connectivity index (χ3n) is 5.24. The summed E-state index contributed by atoms with van der Waals surface area (Å²) in [7, 11) is 0. The first-order valence-electron chi connectivity index (χ1n) is 8.29. The van der Waals surface area contributed by atoms with Gasteiger partial charge in [-0.3, -0.25) is 0 Å². The number of hydrogen-bond acceptors (Lipinski definition) is 2. The zero-order valence-electron chi connectivity index (χ0n) is 13.8. The van der Waals surface area contributed by atoms with Gasteiger partial charge in [-0.2, -0.15) is 0 Å². The van der Waals surface area contributed by atoms with Crippen molar-refractivity contribution in [1.29, 1.82) is 0 Å². The van der Waals surface area contributed by atoms with Crippen LogP contribution in [-0.2, 0) is 4.74 Å². The fraction of sp³-hybridized carbons (Fsp3) is 0.941. The normalized spacial score (nSPS) is 34.5. The van der Waals surface area contributed by atoms with Gasteiger partial charge in [0.2, 0.25) is 0 Å². The van der Waals surface area contributed by atoms with Crippen LogP contribution in [0, 0.1) is 23.7 Å². The number of carbonyl (C=O) groups is 1. The summed E-state index contributed by atoms with van der Waals surface area (Å²) in [5.74, 6) is 2.94. The Morgan fingerprint density at radius 2 is 1.95 bits per heavy atom. The van der Waals surface area contributed by atoms with E-state index in [0.29, 0.717) is 11.8 Å². The van der Waals surface area contributed by atoms with Gasteiger partial charge in [0.1, 0.15) is 5.60 Å². The summed E-state index contributed by atoms with van der Waals surface area (Å²) in [5.41, 5.74) is -0.390. The molecule has 0 spiro atoms. The van der Waals surface area contributed by atoms with Gasteiger partial charge < -0.3 is 9.64 Å². The minimum absolute atomic E-state index is 0.120. The summed E-state index contributed by atoms with van der Waals surface area (Å²) in [4.78, 5) is 14.2. The number of carbonyl (C=O) groups excluding carboxylic acids is 1. The van der Waals surface area contributed by atoms with Crippen molar-refractivity contribution in [3.63, 3.8) is 0 Å². The number of hydrogen-bond donors (Lipinski definition) is 0. The molecule has 0 aromatic carbocycles. The van der Waals surface area contributed by atoms with Crippen LogP contribution in [0.3, 0.4) is 0 Å². The predicted molar refractivity (Wildman–Crippen MR) is 81.6 cm³/mol. The number of likely N-dealkylation sites (tertiary alicyclic amines) is 1. The zero-order chi connectivity index (χ0) is 14.9. The van der Waals surface area contributed by atoms with E-state index in [2.05, 4.69) is 13.8 Å². The van der Waals surface area contributed by atoms with Crippen molar-refractivity contribution < 1.29 is 9.53 Å². The lowest BCUT2D eigenvalue weighted by molar-refractivity contribution is 0.0277. The van der Waals surface area contributed by atoms with Crippen LogP contribution in [0.15, 0.2) is 0 Å². The van der Waals surface area contributed by atoms with Crippen molar-refractivity contribution in [2.24, 2.45) is 23.7 Å². The lowest BCUT2D eigenvalue weighted by Crippen LogP contribution is -2.36. The molecule has 116 valence electrons. The van der Waals surface area contributed by atoms with E-state index in [4.69, 9.17) is 4.74 Å². The lowest BCUT2D eigenvalue weighted by Gasteiger charge is -2.28. The number of nitrogens with zero attached hydrogens (tertiary/aromatic N) is 1. The first-order chi connectivity index (χ1) is 9.31. The number of amides is 1. The minimum atomic E-state index is -0.390. The Bertz CT molecular complexity index is 347. The second-order valence-corrected chi connectivity index (χ2v) is 7.77. The average Bonchev–Trinajstić information content (AvgIpc) is 2.70. The number of ether oxygens (including phenoxy) is 1. The van der Waals surface area contributed by atoms with E-state index in [0.717, 1.165) is 24.9 Å². The van der Waals surface area contributed by atoms with E-state index in [1.807, 2.05) is 25.7 Å². The molecule has 1 saturated heterocycles. The van der Waals surface area contributed by atoms with Crippen LogP contribution in [0.2, 0.25) is 0 Å². The molecule has 0 aromatic rings. The second-order valence-electron chi connectivity index (χ2n) is 7.77. The van der Waals surface area contributed by atoms with Crippen LogP contribution in [-0.4, -0.2) is 29.7 Å². The van der Waals surface area contributed by atoms with Gasteiger partial charge in [0, 0.05) is 13.1 Å². The summed E-state index contributed by atoms with van der Waals surface area (Å²) in [5, 5.41) is 0. The van der Waals surface area contributed by atoms with Crippen molar-refractivity contribution in [2.75, 3.05) is 13.1 Å². The standard InChI is InChI=1S/C17H31NO2/c1-6-13-8-7-9-14-10-18(11-15(14)12(13)2)16(19)20-17(3,4)5/h12-15H,6-11H2,1-5H3/t12?,13-,14?,15?/m1/s1. The van der Waals surface area contributed by atoms with Crippen LogP contribution in [0.5, 0.6) is 0 Å². The van der Waals surface area contributed by atoms with Crippen molar-refractivity contribution in [3.8, 4) is 0 Å². The van der Waals surface area contributed by atoms with Crippen LogP contribution in [0.25, 0.3) is 0 Å². The lowest BCUT2D eigenvalue weighted by atomic mass is 9.78. The van der Waals surface area contributed by atoms with Gasteiger partial charge in [0.25, 0.3) is 0 Å². The van der Waals surface area contributed by atoms with E-state index >= 15 is 0 Å². The Morgan fingerprint density at radius 1 is 1.25 bits per heavy atom. The Kier molecular flexibility index (Phi) is 4.66. The third-order valence-corrected chi connectivity index (χ3v) is 5.24. The zero-order valence-corrected chi connectivity index (χ0v) is 13.8. The Hall–Kier alpha value is -0.730. The maximum absolute atomic E-state index is 12.3. The molecule has 2 rings (SSSR count). The average molecular weight is 281 g/mol. The summed E-state index contributed by atoms with van der Waals surface area (Å²) in [6, 6.07) is 0. The first kappa shape index (κ1) is 15.7. The topological polar surface area (TPSA) is 29.5 Å². The summed E-state index contributed by atoms with van der Waals surface area (Å²) in [6.07, 6.45) is 5.14. The molecule has 0 N–H and O–H groups in total. The van der Waals surface area contributed by atoms with Gasteiger partial charge in [0.05, 0.1) is 0 Å². The molecular formula is C17H31NO2. The highest BCUT2D eigenvalue weighted by molar-refractivity contribution is 5.68. The molecule has 1 aliphatic carbocycles. The van der Waals surface area contributed by atoms with E-state index in [1.54, 1.807) is 0 Å². The molecule has 4 atom stereocenters. The van der Waals surface area contributed by atoms with Crippen molar-refractivity contribution in [2.45, 2.75) is 65.9 Å². The van der Waals surface area contributed by atoms with Crippen molar-refractivity contribution in [3.05, 3.63) is 0 Å². The van der Waals surface area contributed by atoms with Gasteiger partial charge in [-0.25, -0.2) is 4.79 Å². The van der Waals surface area contributed by atoms with Crippen LogP contribution >= 0.6 is 0 Å². The Labute approximate surface area is 124 Å². The summed E-state index contributed by atoms with van der Waals surface area (Å²) in [6.45, 7) is 12.3. The third kappa shape index (κ3) is 3.48. The molecule has 20 heavy (non-hydrogen) atoms. The molecule has 1 saturated carbocycles. The smallest absolute Gasteiger partial charge is 0.410 e. The van der Waals surface area contributed by atoms with Gasteiger partial charge in [-0.1, -0.05) is 33.1 Å². The molecule has 0 radical (unpaired) electrons. The molecule has 2 fully saturated rings. The molecule has 0 aromatic heterocycles. The number of fused-ring (bicyclic) bond motifs is 1. The maximum atomic E-state index is 12.3. The van der Waals surface area contributed by atoms with Gasteiger partial charge in [-0.15, -0.1) is 0 Å². The van der Waals surface area contributed by atoms with Crippen molar-refractivity contribution >= 4 is 6.09 Å². The van der Waals surface area contributed by atoms with Crippen molar-refractivity contribution in [1.82, 2.24) is 4.90 Å². The van der Waals surface area contributed by atoms with E-state index in [-0.39, 0.29) is 11.7 Å². The molecule has 1 aliphatic heterocycles. The van der Waals surface area contributed by atoms with Gasteiger partial charge in [0.15, 0.2) is 0 Å². The van der Waals surface area contributed by atoms with E-state index < -0.39 is 0 Å². The molecule has 3 heteroatoms. The summed E-state index contributed by atoms with van der Waals surface area (Å²) >= 11 is 0. The van der Waals surface area contributed by atoms with E-state index in [9.17, 15) is 4.79 Å². The van der Waals surface area contributed by atoms with Crippen LogP contribution < -0.4 is 0 Å².